The Morgan fingerprint density at radius 3 is 2.25 bits per heavy atom. The molecule has 0 aromatic heterocycles. The number of carbonyl (C=O) groups is 2. The Balaban J connectivity index is 1.79. The molecule has 3 aromatic rings. The van der Waals surface area contributed by atoms with Gasteiger partial charge in [-0.05, 0) is 47.7 Å². The quantitative estimate of drug-likeness (QED) is 0.265. The van der Waals surface area contributed by atoms with Crippen LogP contribution in [0.15, 0.2) is 89.4 Å². The smallest absolute Gasteiger partial charge is 0.243 e. The molecule has 0 spiro atoms. The molecule has 2 amide bonds. The van der Waals surface area contributed by atoms with Crippen LogP contribution in [0.2, 0.25) is 0 Å². The van der Waals surface area contributed by atoms with E-state index in [1.165, 1.54) is 0 Å². The van der Waals surface area contributed by atoms with E-state index in [9.17, 15) is 9.59 Å². The molecule has 190 valence electrons. The molecule has 0 fully saturated rings. The third-order valence-corrected chi connectivity index (χ3v) is 6.24. The summed E-state index contributed by atoms with van der Waals surface area (Å²) < 4.78 is 6.72. The molecule has 0 aliphatic rings. The third kappa shape index (κ3) is 9.15. The van der Waals surface area contributed by atoms with Gasteiger partial charge in [0.2, 0.25) is 11.8 Å². The first-order chi connectivity index (χ1) is 17.4. The zero-order valence-electron chi connectivity index (χ0n) is 21.0. The summed E-state index contributed by atoms with van der Waals surface area (Å²) >= 11 is 3.52. The van der Waals surface area contributed by atoms with Gasteiger partial charge >= 0.3 is 0 Å². The van der Waals surface area contributed by atoms with E-state index in [4.69, 9.17) is 4.74 Å². The summed E-state index contributed by atoms with van der Waals surface area (Å²) in [5, 5.41) is 3.06. The maximum Gasteiger partial charge on any atom is 0.243 e. The summed E-state index contributed by atoms with van der Waals surface area (Å²) in [4.78, 5) is 28.8. The summed E-state index contributed by atoms with van der Waals surface area (Å²) in [7, 11) is 0. The van der Waals surface area contributed by atoms with Crippen LogP contribution in [-0.4, -0.2) is 35.9 Å². The lowest BCUT2D eigenvalue weighted by atomic mass is 10.0. The van der Waals surface area contributed by atoms with Gasteiger partial charge in [0.15, 0.2) is 0 Å². The molecular weight excluding hydrogens is 516 g/mol. The SMILES string of the molecule is CC(C)CNC(=O)[C@H](Cc1ccccc1)N(Cc1cccc(Br)c1)C(=O)CCCOc1ccccc1. The van der Waals surface area contributed by atoms with Crippen LogP contribution in [0.5, 0.6) is 5.75 Å². The predicted molar refractivity (Wildman–Crippen MR) is 148 cm³/mol. The van der Waals surface area contributed by atoms with Crippen molar-refractivity contribution in [2.24, 2.45) is 5.92 Å². The molecule has 0 saturated heterocycles. The Labute approximate surface area is 223 Å². The largest absolute Gasteiger partial charge is 0.494 e. The first kappa shape index (κ1) is 27.5. The Morgan fingerprint density at radius 2 is 1.58 bits per heavy atom. The lowest BCUT2D eigenvalue weighted by Crippen LogP contribution is -2.51. The van der Waals surface area contributed by atoms with Gasteiger partial charge in [0.05, 0.1) is 6.61 Å². The first-order valence-corrected chi connectivity index (χ1v) is 13.2. The molecule has 36 heavy (non-hydrogen) atoms. The molecule has 0 heterocycles. The van der Waals surface area contributed by atoms with Crippen molar-refractivity contribution in [3.63, 3.8) is 0 Å². The van der Waals surface area contributed by atoms with Gasteiger partial charge in [0.25, 0.3) is 0 Å². The Bertz CT molecular complexity index is 1090. The lowest BCUT2D eigenvalue weighted by Gasteiger charge is -2.32. The van der Waals surface area contributed by atoms with Crippen molar-refractivity contribution >= 4 is 27.7 Å². The fourth-order valence-electron chi connectivity index (χ4n) is 3.88. The maximum atomic E-state index is 13.6. The van der Waals surface area contributed by atoms with E-state index in [2.05, 4.69) is 35.1 Å². The van der Waals surface area contributed by atoms with E-state index in [0.717, 1.165) is 21.3 Å². The number of nitrogens with one attached hydrogen (secondary N) is 1. The van der Waals surface area contributed by atoms with Gasteiger partial charge in [-0.25, -0.2) is 0 Å². The number of carbonyl (C=O) groups excluding carboxylic acids is 2. The molecule has 0 saturated carbocycles. The van der Waals surface area contributed by atoms with Crippen LogP contribution in [-0.2, 0) is 22.6 Å². The molecule has 1 atom stereocenters. The summed E-state index contributed by atoms with van der Waals surface area (Å²) in [6, 6.07) is 26.7. The molecule has 0 radical (unpaired) electrons. The topological polar surface area (TPSA) is 58.6 Å². The number of hydrogen-bond acceptors (Lipinski definition) is 3. The average molecular weight is 552 g/mol. The van der Waals surface area contributed by atoms with Crippen molar-refractivity contribution in [2.45, 2.75) is 45.7 Å². The van der Waals surface area contributed by atoms with Crippen molar-refractivity contribution in [2.75, 3.05) is 13.2 Å². The van der Waals surface area contributed by atoms with E-state index < -0.39 is 6.04 Å². The maximum absolute atomic E-state index is 13.6. The van der Waals surface area contributed by atoms with Gasteiger partial charge in [-0.3, -0.25) is 9.59 Å². The van der Waals surface area contributed by atoms with E-state index in [1.54, 1.807) is 4.90 Å². The Hall–Kier alpha value is -3.12. The van der Waals surface area contributed by atoms with E-state index in [1.807, 2.05) is 84.9 Å². The standard InChI is InChI=1S/C30H35BrN2O3/c1-23(2)21-32-30(35)28(20-24-11-5-3-6-12-24)33(22-25-13-9-14-26(31)19-25)29(34)17-10-18-36-27-15-7-4-8-16-27/h3-9,11-16,19,23,28H,10,17-18,20-22H2,1-2H3,(H,32,35)/t28-/m0/s1. The van der Waals surface area contributed by atoms with Gasteiger partial charge in [-0.2, -0.15) is 0 Å². The fourth-order valence-corrected chi connectivity index (χ4v) is 4.33. The molecule has 0 unspecified atom stereocenters. The van der Waals surface area contributed by atoms with E-state index in [-0.39, 0.29) is 11.8 Å². The minimum Gasteiger partial charge on any atom is -0.494 e. The Kier molecular flexibility index (Phi) is 11.0. The molecule has 1 N–H and O–H groups in total. The van der Waals surface area contributed by atoms with Gasteiger partial charge in [0, 0.05) is 30.4 Å². The summed E-state index contributed by atoms with van der Waals surface area (Å²) in [6.45, 7) is 5.47. The predicted octanol–water partition coefficient (Wildman–Crippen LogP) is 6.02. The highest BCUT2D eigenvalue weighted by Gasteiger charge is 2.30. The van der Waals surface area contributed by atoms with Crippen molar-refractivity contribution in [1.82, 2.24) is 10.2 Å². The molecule has 3 aromatic carbocycles. The highest BCUT2D eigenvalue weighted by Crippen LogP contribution is 2.19. The lowest BCUT2D eigenvalue weighted by molar-refractivity contribution is -0.141. The number of para-hydroxylation sites is 1. The van der Waals surface area contributed by atoms with E-state index in [0.29, 0.717) is 44.9 Å². The Morgan fingerprint density at radius 1 is 0.917 bits per heavy atom. The van der Waals surface area contributed by atoms with Gasteiger partial charge in [0.1, 0.15) is 11.8 Å². The number of benzene rings is 3. The third-order valence-electron chi connectivity index (χ3n) is 5.74. The van der Waals surface area contributed by atoms with Gasteiger partial charge in [-0.15, -0.1) is 0 Å². The van der Waals surface area contributed by atoms with E-state index >= 15 is 0 Å². The average Bonchev–Trinajstić information content (AvgIpc) is 2.88. The van der Waals surface area contributed by atoms with Crippen LogP contribution in [0.3, 0.4) is 0 Å². The summed E-state index contributed by atoms with van der Waals surface area (Å²) in [5.41, 5.74) is 1.98. The van der Waals surface area contributed by atoms with Crippen LogP contribution >= 0.6 is 15.9 Å². The second kappa shape index (κ2) is 14.4. The number of amides is 2. The minimum absolute atomic E-state index is 0.0627. The van der Waals surface area contributed by atoms with Crippen molar-refractivity contribution in [1.29, 1.82) is 0 Å². The van der Waals surface area contributed by atoms with Crippen LogP contribution in [0, 0.1) is 5.92 Å². The zero-order chi connectivity index (χ0) is 25.8. The molecule has 0 aliphatic heterocycles. The van der Waals surface area contributed by atoms with Crippen molar-refractivity contribution in [3.05, 3.63) is 101 Å². The second-order valence-corrected chi connectivity index (χ2v) is 10.2. The van der Waals surface area contributed by atoms with Crippen LogP contribution in [0.25, 0.3) is 0 Å². The highest BCUT2D eigenvalue weighted by molar-refractivity contribution is 9.10. The number of nitrogens with zero attached hydrogens (tertiary/aromatic N) is 1. The summed E-state index contributed by atoms with van der Waals surface area (Å²) in [6.07, 6.45) is 1.31. The van der Waals surface area contributed by atoms with Gasteiger partial charge in [-0.1, -0.05) is 90.4 Å². The van der Waals surface area contributed by atoms with Crippen molar-refractivity contribution < 1.29 is 14.3 Å². The molecule has 3 rings (SSSR count). The second-order valence-electron chi connectivity index (χ2n) is 9.26. The fraction of sp³-hybridized carbons (Fsp3) is 0.333. The molecule has 0 bridgehead atoms. The highest BCUT2D eigenvalue weighted by atomic mass is 79.9. The molecule has 5 nitrogen and oxygen atoms in total. The van der Waals surface area contributed by atoms with Crippen LogP contribution in [0.4, 0.5) is 0 Å². The normalized spacial score (nSPS) is 11.7. The number of rotatable bonds is 13. The van der Waals surface area contributed by atoms with Crippen LogP contribution in [0.1, 0.15) is 37.8 Å². The summed E-state index contributed by atoms with van der Waals surface area (Å²) in [5.74, 6) is 0.908. The first-order valence-electron chi connectivity index (χ1n) is 12.5. The number of halogens is 1. The molecule has 0 aliphatic carbocycles. The molecular formula is C30H35BrN2O3. The minimum atomic E-state index is -0.618. The zero-order valence-corrected chi connectivity index (χ0v) is 22.6. The number of hydrogen-bond donors (Lipinski definition) is 1. The van der Waals surface area contributed by atoms with Crippen molar-refractivity contribution in [3.8, 4) is 5.75 Å². The number of ether oxygens (including phenoxy) is 1. The molecule has 6 heteroatoms. The van der Waals surface area contributed by atoms with Crippen LogP contribution < -0.4 is 10.1 Å². The monoisotopic (exact) mass is 550 g/mol. The van der Waals surface area contributed by atoms with Gasteiger partial charge < -0.3 is 15.0 Å².